The normalized spacial score (nSPS) is 13.4. The van der Waals surface area contributed by atoms with Crippen LogP contribution in [-0.2, 0) is 9.53 Å². The highest BCUT2D eigenvalue weighted by Crippen LogP contribution is 2.39. The van der Waals surface area contributed by atoms with Gasteiger partial charge in [0.25, 0.3) is 0 Å². The van der Waals surface area contributed by atoms with E-state index in [0.717, 1.165) is 33.2 Å². The Morgan fingerprint density at radius 2 is 1.89 bits per heavy atom. The molecule has 238 valence electrons. The van der Waals surface area contributed by atoms with Gasteiger partial charge in [0.2, 0.25) is 5.91 Å². The highest BCUT2D eigenvalue weighted by molar-refractivity contribution is 7.15. The summed E-state index contributed by atoms with van der Waals surface area (Å²) in [6.07, 6.45) is 1.54. The van der Waals surface area contributed by atoms with Gasteiger partial charge in [0.15, 0.2) is 5.82 Å². The van der Waals surface area contributed by atoms with Crippen molar-refractivity contribution in [2.24, 2.45) is 10.7 Å². The van der Waals surface area contributed by atoms with E-state index in [0.29, 0.717) is 53.7 Å². The lowest BCUT2D eigenvalue weighted by Gasteiger charge is -2.13. The Kier molecular flexibility index (Phi) is 10.5. The molecule has 0 bridgehead atoms. The van der Waals surface area contributed by atoms with Gasteiger partial charge in [0.1, 0.15) is 22.6 Å². The number of hydrogen-bond acceptors (Lipinski definition) is 9. The number of halogens is 1. The van der Waals surface area contributed by atoms with Crippen molar-refractivity contribution < 1.29 is 19.1 Å². The molecule has 4 aromatic rings. The second-order valence-electron chi connectivity index (χ2n) is 10.7. The molecule has 5 rings (SSSR count). The molecule has 0 saturated heterocycles. The molecule has 10 nitrogen and oxygen atoms in total. The number of thiophene rings is 1. The van der Waals surface area contributed by atoms with Crippen molar-refractivity contribution in [2.75, 3.05) is 26.8 Å². The van der Waals surface area contributed by atoms with Crippen LogP contribution in [0.3, 0.4) is 0 Å². The van der Waals surface area contributed by atoms with Gasteiger partial charge in [-0.2, -0.15) is 0 Å². The summed E-state index contributed by atoms with van der Waals surface area (Å²) in [6.45, 7) is 7.19. The van der Waals surface area contributed by atoms with Gasteiger partial charge in [-0.25, -0.2) is 4.79 Å². The fraction of sp³-hybridized carbons (Fsp3) is 0.324. The van der Waals surface area contributed by atoms with Crippen molar-refractivity contribution in [3.63, 3.8) is 0 Å². The van der Waals surface area contributed by atoms with E-state index in [1.165, 1.54) is 12.0 Å². The van der Waals surface area contributed by atoms with Crippen molar-refractivity contribution in [1.82, 2.24) is 20.1 Å². The molecule has 46 heavy (non-hydrogen) atoms. The first-order valence-corrected chi connectivity index (χ1v) is 16.1. The van der Waals surface area contributed by atoms with E-state index in [1.54, 1.807) is 29.5 Å². The summed E-state index contributed by atoms with van der Waals surface area (Å²) < 4.78 is 12.7. The molecule has 1 amide bonds. The third kappa shape index (κ3) is 7.15. The number of esters is 1. The van der Waals surface area contributed by atoms with Crippen molar-refractivity contribution >= 4 is 40.5 Å². The lowest BCUT2D eigenvalue weighted by atomic mass is 9.99. The number of carbonyl (C=O) groups is 2. The Balaban J connectivity index is 1.23. The van der Waals surface area contributed by atoms with Gasteiger partial charge in [-0.05, 0) is 69.5 Å². The van der Waals surface area contributed by atoms with E-state index in [-0.39, 0.29) is 18.9 Å². The highest BCUT2D eigenvalue weighted by atomic mass is 35.5. The molecule has 12 heteroatoms. The molecule has 1 aliphatic heterocycles. The topological polar surface area (TPSA) is 134 Å². The number of fused-ring (bicyclic) bond motifs is 3. The van der Waals surface area contributed by atoms with Gasteiger partial charge in [0, 0.05) is 33.1 Å². The zero-order chi connectivity index (χ0) is 32.8. The highest BCUT2D eigenvalue weighted by Gasteiger charge is 2.32. The standard InChI is InChI=1S/C34H35ClN6O4S/c1-20-21(2)46-33-30(20)31(23-9-11-25(35)12-10-23)38-28(32-40-39-22(3)41(32)33)19-29(42)37-16-5-6-17-45-26-13-14-27(34(43)44-4)24(18-26)8-7-15-36/h9-14,18,28H,5-6,15-17,19,36H2,1-4H3,(H,37,42)/t28-/m0/s1. The average molecular weight is 659 g/mol. The Morgan fingerprint density at radius 3 is 2.63 bits per heavy atom. The first-order chi connectivity index (χ1) is 22.2. The molecule has 1 atom stereocenters. The van der Waals surface area contributed by atoms with Crippen LogP contribution < -0.4 is 15.8 Å². The third-order valence-electron chi connectivity index (χ3n) is 7.62. The van der Waals surface area contributed by atoms with E-state index in [9.17, 15) is 9.59 Å². The first-order valence-electron chi connectivity index (χ1n) is 14.9. The number of benzene rings is 2. The maximum Gasteiger partial charge on any atom is 0.339 e. The minimum absolute atomic E-state index is 0.123. The average Bonchev–Trinajstić information content (AvgIpc) is 3.53. The van der Waals surface area contributed by atoms with E-state index >= 15 is 0 Å². The lowest BCUT2D eigenvalue weighted by Crippen LogP contribution is -2.26. The molecular weight excluding hydrogens is 624 g/mol. The Labute approximate surface area is 277 Å². The van der Waals surface area contributed by atoms with Crippen LogP contribution in [-0.4, -0.2) is 59.2 Å². The number of unbranched alkanes of at least 4 members (excludes halogenated alkanes) is 1. The summed E-state index contributed by atoms with van der Waals surface area (Å²) in [6, 6.07) is 12.1. The minimum Gasteiger partial charge on any atom is -0.494 e. The third-order valence-corrected chi connectivity index (χ3v) is 9.06. The minimum atomic E-state index is -0.529. The molecule has 0 unspecified atom stereocenters. The number of aromatic nitrogens is 3. The number of nitrogens with two attached hydrogens (primary N) is 1. The van der Waals surface area contributed by atoms with Crippen LogP contribution in [0.1, 0.15) is 74.4 Å². The number of amides is 1. The fourth-order valence-corrected chi connectivity index (χ4v) is 6.52. The Morgan fingerprint density at radius 1 is 1.11 bits per heavy atom. The zero-order valence-corrected chi connectivity index (χ0v) is 27.7. The fourth-order valence-electron chi connectivity index (χ4n) is 5.18. The van der Waals surface area contributed by atoms with Crippen LogP contribution in [0.25, 0.3) is 5.00 Å². The molecule has 0 spiro atoms. The van der Waals surface area contributed by atoms with E-state index in [2.05, 4.69) is 41.2 Å². The molecule has 2 aromatic heterocycles. The van der Waals surface area contributed by atoms with E-state index < -0.39 is 12.0 Å². The van der Waals surface area contributed by atoms with E-state index in [1.807, 2.05) is 35.8 Å². The number of rotatable bonds is 10. The summed E-state index contributed by atoms with van der Waals surface area (Å²) in [5.41, 5.74) is 10.2. The van der Waals surface area contributed by atoms with Gasteiger partial charge in [-0.3, -0.25) is 14.4 Å². The maximum atomic E-state index is 13.2. The van der Waals surface area contributed by atoms with Crippen LogP contribution in [0, 0.1) is 32.6 Å². The smallest absolute Gasteiger partial charge is 0.339 e. The Bertz CT molecular complexity index is 1850. The molecule has 0 radical (unpaired) electrons. The largest absolute Gasteiger partial charge is 0.494 e. The molecule has 3 heterocycles. The number of ether oxygens (including phenoxy) is 2. The van der Waals surface area contributed by atoms with Gasteiger partial charge in [0.05, 0.1) is 38.0 Å². The van der Waals surface area contributed by atoms with Gasteiger partial charge >= 0.3 is 5.97 Å². The van der Waals surface area contributed by atoms with Crippen LogP contribution in [0.4, 0.5) is 0 Å². The predicted octanol–water partition coefficient (Wildman–Crippen LogP) is 5.26. The second kappa shape index (κ2) is 14.7. The predicted molar refractivity (Wildman–Crippen MR) is 179 cm³/mol. The molecule has 3 N–H and O–H groups in total. The molecule has 0 fully saturated rings. The molecule has 2 aromatic carbocycles. The number of carbonyl (C=O) groups excluding carboxylic acids is 2. The molecule has 0 saturated carbocycles. The second-order valence-corrected chi connectivity index (χ2v) is 12.4. The van der Waals surface area contributed by atoms with Crippen molar-refractivity contribution in [3.8, 4) is 22.6 Å². The maximum absolute atomic E-state index is 13.2. The van der Waals surface area contributed by atoms with Crippen LogP contribution >= 0.6 is 22.9 Å². The number of methoxy groups -OCH3 is 1. The number of nitrogens with zero attached hydrogens (tertiary/aromatic N) is 4. The van der Waals surface area contributed by atoms with Gasteiger partial charge < -0.3 is 20.5 Å². The number of hydrogen-bond donors (Lipinski definition) is 2. The summed E-state index contributed by atoms with van der Waals surface area (Å²) >= 11 is 7.87. The quantitative estimate of drug-likeness (QED) is 0.135. The first kappa shape index (κ1) is 32.9. The number of nitrogens with one attached hydrogen (secondary N) is 1. The summed E-state index contributed by atoms with van der Waals surface area (Å²) in [5.74, 6) is 7.01. The monoisotopic (exact) mass is 658 g/mol. The van der Waals surface area contributed by atoms with Crippen LogP contribution in [0.2, 0.25) is 5.02 Å². The van der Waals surface area contributed by atoms with E-state index in [4.69, 9.17) is 31.8 Å². The summed E-state index contributed by atoms with van der Waals surface area (Å²) in [4.78, 5) is 31.6. The summed E-state index contributed by atoms with van der Waals surface area (Å²) in [5, 5.41) is 13.5. The summed E-state index contributed by atoms with van der Waals surface area (Å²) in [7, 11) is 1.32. The lowest BCUT2D eigenvalue weighted by molar-refractivity contribution is -0.121. The molecule has 1 aliphatic rings. The SMILES string of the molecule is COC(=O)c1ccc(OCCCCNC(=O)C[C@@H]2N=C(c3ccc(Cl)cc3)c3c(sc(C)c3C)-n3c(C)nnc32)cc1C#CCN. The van der Waals surface area contributed by atoms with Gasteiger partial charge in [-0.1, -0.05) is 35.6 Å². The molecule has 0 aliphatic carbocycles. The molecular formula is C34H35ClN6O4S. The number of aryl methyl sites for hydroxylation is 2. The van der Waals surface area contributed by atoms with Crippen molar-refractivity contribution in [3.05, 3.63) is 91.8 Å². The van der Waals surface area contributed by atoms with Crippen LogP contribution in [0.5, 0.6) is 5.75 Å². The van der Waals surface area contributed by atoms with Crippen molar-refractivity contribution in [1.29, 1.82) is 0 Å². The van der Waals surface area contributed by atoms with Crippen molar-refractivity contribution in [2.45, 2.75) is 46.1 Å². The Hall–Kier alpha value is -4.50. The van der Waals surface area contributed by atoms with Crippen LogP contribution in [0.15, 0.2) is 47.5 Å². The van der Waals surface area contributed by atoms with Gasteiger partial charge in [-0.15, -0.1) is 21.5 Å². The number of aliphatic imine (C=N–C) groups is 1. The zero-order valence-electron chi connectivity index (χ0n) is 26.1.